The lowest BCUT2D eigenvalue weighted by atomic mass is 10.1. The van der Waals surface area contributed by atoms with Crippen LogP contribution in [0.25, 0.3) is 0 Å². The maximum Gasteiger partial charge on any atom is 0.416 e. The van der Waals surface area contributed by atoms with Crippen molar-refractivity contribution in [3.63, 3.8) is 0 Å². The maximum absolute atomic E-state index is 13.9. The van der Waals surface area contributed by atoms with Crippen molar-refractivity contribution in [3.05, 3.63) is 379 Å². The topological polar surface area (TPSA) is 414 Å². The highest BCUT2D eigenvalue weighted by molar-refractivity contribution is 6.07. The van der Waals surface area contributed by atoms with Gasteiger partial charge in [-0.2, -0.15) is 37.7 Å². The van der Waals surface area contributed by atoms with Crippen molar-refractivity contribution in [2.75, 3.05) is 26.6 Å². The molecule has 0 unspecified atom stereocenters. The molecule has 0 bridgehead atoms. The molecule has 0 spiro atoms. The second-order valence-electron chi connectivity index (χ2n) is 26.9. The van der Waals surface area contributed by atoms with E-state index >= 15 is 0 Å². The van der Waals surface area contributed by atoms with Gasteiger partial charge < -0.3 is 55.0 Å². The molecule has 5 N–H and O–H groups in total. The van der Waals surface area contributed by atoms with Crippen molar-refractivity contribution in [2.45, 2.75) is 33.1 Å². The number of carbonyl (C=O) groups excluding carboxylic acids is 5. The van der Waals surface area contributed by atoms with Gasteiger partial charge >= 0.3 is 12.3 Å². The molecule has 0 radical (unpaired) electrons. The van der Waals surface area contributed by atoms with E-state index in [2.05, 4.69) is 98.1 Å². The van der Waals surface area contributed by atoms with Gasteiger partial charge in [-0.05, 0) is 135 Å². The summed E-state index contributed by atoms with van der Waals surface area (Å²) in [4.78, 5) is 104. The molecule has 0 saturated carbocycles. The van der Waals surface area contributed by atoms with Crippen molar-refractivity contribution < 1.29 is 83.1 Å². The number of aryl methyl sites for hydroxylation is 2. The van der Waals surface area contributed by atoms with Gasteiger partial charge in [-0.3, -0.25) is 29.0 Å². The van der Waals surface area contributed by atoms with Gasteiger partial charge in [0.25, 0.3) is 29.5 Å². The summed E-state index contributed by atoms with van der Waals surface area (Å²) in [6, 6.07) is 54.8. The first-order chi connectivity index (χ1) is 63.0. The van der Waals surface area contributed by atoms with Crippen LogP contribution in [0.2, 0.25) is 0 Å². The SMILES string of the molecule is C#Cc1cccc(C(=O)Nc2cc(C#N)cc(Oc3cncnc3)c2)c1.CC(F)(F)Oc1cccc(C(=O)Nc2cc(F)cc(Oc3cncnc3)c2)c1.Cc1cccc(C(=O)Nc2cc(C#N)cc(Oc3cncnc3)c2)c1.Cc1cccc(C(=O)Nc2cc(Oc3cncnc3)cc(C(F)(F)F)c2)c1.N#Cc1cc(NC(=O)c2cc(F)ccn2)cc(Oc2cncnc2)c1. The number of amides is 5. The molecule has 9 aromatic carbocycles. The van der Waals surface area contributed by atoms with Crippen molar-refractivity contribution >= 4 is 58.0 Å². The van der Waals surface area contributed by atoms with Crippen LogP contribution in [0.4, 0.5) is 59.2 Å². The Labute approximate surface area is 740 Å². The highest BCUT2D eigenvalue weighted by Crippen LogP contribution is 2.37. The van der Waals surface area contributed by atoms with E-state index in [-0.39, 0.29) is 68.8 Å². The Morgan fingerprint density at radius 3 is 1.02 bits per heavy atom. The summed E-state index contributed by atoms with van der Waals surface area (Å²) < 4.78 is 125. The van der Waals surface area contributed by atoms with Gasteiger partial charge in [-0.1, -0.05) is 53.4 Å². The van der Waals surface area contributed by atoms with Crippen LogP contribution >= 0.6 is 0 Å². The Hall–Kier alpha value is -18.8. The number of halogens is 7. The summed E-state index contributed by atoms with van der Waals surface area (Å²) in [6.45, 7) is 4.32. The summed E-state index contributed by atoms with van der Waals surface area (Å²) in [7, 11) is 0. The molecule has 6 heterocycles. The molecule has 15 aromatic rings. The highest BCUT2D eigenvalue weighted by Gasteiger charge is 2.32. The van der Waals surface area contributed by atoms with Gasteiger partial charge in [0.05, 0.1) is 102 Å². The zero-order valence-corrected chi connectivity index (χ0v) is 68.3. The van der Waals surface area contributed by atoms with Crippen molar-refractivity contribution in [1.29, 1.82) is 15.8 Å². The van der Waals surface area contributed by atoms with Crippen LogP contribution < -0.4 is 55.0 Å². The van der Waals surface area contributed by atoms with Crippen LogP contribution in [0.1, 0.15) is 97.8 Å². The number of alkyl halides is 5. The van der Waals surface area contributed by atoms with E-state index in [9.17, 15) is 65.2 Å². The molecule has 37 heteroatoms. The van der Waals surface area contributed by atoms with E-state index in [4.69, 9.17) is 35.4 Å². The van der Waals surface area contributed by atoms with Crippen molar-refractivity contribution in [3.8, 4) is 93.8 Å². The average Bonchev–Trinajstić information content (AvgIpc) is 0.813. The second-order valence-corrected chi connectivity index (χ2v) is 26.9. The molecule has 5 amide bonds. The number of benzene rings is 9. The standard InChI is InChI=1S/C20H12N4O2.C19H14F3N3O3.C19H14F3N3O2.C19H14N4O2.C17H10FN5O2/c1-2-14-4-3-5-16(6-14)20(25)24-17-7-15(10-21)8-18(9-17)26-19-11-22-13-23-12-19;1-19(21,22)28-15-4-2-3-12(5-15)18(26)25-14-6-13(20)7-16(8-14)27-17-9-23-11-24-10-17;1-12-3-2-4-13(5-12)18(26)25-15-6-14(19(20,21)22)7-16(8-15)27-17-9-23-11-24-10-17;1-13-3-2-4-15(5-13)19(24)23-16-6-14(9-20)7-17(8-16)25-18-10-21-12-22-11-18;18-12-1-2-22-16(5-12)17(24)23-13-3-11(7-19)4-14(6-13)25-15-8-20-10-21-9-15/h1,3-9,11-13H,(H,24,25);2-11H,1H3,(H,25,26);2-11H,1H3,(H,25,26);2-8,10-12H,1H3,(H,23,24);1-6,8-10H,(H,23,24). The molecule has 0 aliphatic carbocycles. The number of rotatable bonds is 22. The molecule has 15 rings (SSSR count). The second kappa shape index (κ2) is 45.0. The minimum Gasteiger partial charge on any atom is -0.454 e. The van der Waals surface area contributed by atoms with Gasteiger partial charge in [-0.25, -0.2) is 58.6 Å². The van der Waals surface area contributed by atoms with Crippen LogP contribution in [-0.4, -0.2) is 90.5 Å². The lowest BCUT2D eigenvalue weighted by Gasteiger charge is -2.14. The van der Waals surface area contributed by atoms with Crippen LogP contribution in [-0.2, 0) is 6.18 Å². The van der Waals surface area contributed by atoms with E-state index in [0.717, 1.165) is 53.6 Å². The summed E-state index contributed by atoms with van der Waals surface area (Å²) in [5.41, 5.74) is 5.05. The molecule has 0 saturated heterocycles. The van der Waals surface area contributed by atoms with E-state index in [1.807, 2.05) is 44.2 Å². The Kier molecular flexibility index (Phi) is 31.9. The fourth-order valence-electron chi connectivity index (χ4n) is 11.1. The first kappa shape index (κ1) is 92.9. The maximum atomic E-state index is 13.9. The number of anilines is 5. The van der Waals surface area contributed by atoms with Crippen molar-refractivity contribution in [1.82, 2.24) is 54.8 Å². The van der Waals surface area contributed by atoms with Gasteiger partial charge in [0.2, 0.25) is 0 Å². The van der Waals surface area contributed by atoms with Gasteiger partial charge in [0.1, 0.15) is 83.5 Å². The summed E-state index contributed by atoms with van der Waals surface area (Å²) >= 11 is 0. The Morgan fingerprint density at radius 2 is 0.664 bits per heavy atom. The van der Waals surface area contributed by atoms with Crippen LogP contribution in [0.3, 0.4) is 0 Å². The molecular formula is C94H64F7N19O11. The molecule has 650 valence electrons. The number of nitrogens with zero attached hydrogens (tertiary/aromatic N) is 14. The molecule has 0 fully saturated rings. The van der Waals surface area contributed by atoms with E-state index in [1.165, 1.54) is 148 Å². The van der Waals surface area contributed by atoms with Gasteiger partial charge in [0, 0.05) is 112 Å². The highest BCUT2D eigenvalue weighted by atomic mass is 19.4. The van der Waals surface area contributed by atoms with Gasteiger partial charge in [0.15, 0.2) is 28.7 Å². The quantitative estimate of drug-likeness (QED) is 0.0311. The molecule has 30 nitrogen and oxygen atoms in total. The predicted molar refractivity (Wildman–Crippen MR) is 460 cm³/mol. The van der Waals surface area contributed by atoms with Crippen LogP contribution in [0, 0.1) is 71.8 Å². The Bertz CT molecular complexity index is 6600. The third kappa shape index (κ3) is 30.0. The number of nitriles is 3. The average molecular weight is 1770 g/mol. The summed E-state index contributed by atoms with van der Waals surface area (Å²) in [5.74, 6) is 1.56. The number of pyridine rings is 1. The van der Waals surface area contributed by atoms with Crippen LogP contribution in [0.15, 0.2) is 300 Å². The lowest BCUT2D eigenvalue weighted by molar-refractivity contribution is -0.159. The first-order valence-corrected chi connectivity index (χ1v) is 37.9. The first-order valence-electron chi connectivity index (χ1n) is 37.9. The van der Waals surface area contributed by atoms with E-state index in [0.29, 0.717) is 91.9 Å². The number of carbonyl (C=O) groups is 5. The predicted octanol–water partition coefficient (Wildman–Crippen LogP) is 19.5. The zero-order chi connectivity index (χ0) is 93.2. The molecule has 0 aliphatic rings. The fourth-order valence-corrected chi connectivity index (χ4v) is 11.1. The minimum atomic E-state index is -4.60. The molecule has 6 aromatic heterocycles. The third-order valence-corrected chi connectivity index (χ3v) is 16.6. The number of aromatic nitrogens is 11. The van der Waals surface area contributed by atoms with Crippen LogP contribution in [0.5, 0.6) is 63.2 Å². The number of ether oxygens (including phenoxy) is 6. The van der Waals surface area contributed by atoms with Gasteiger partial charge in [-0.15, -0.1) is 6.42 Å². The summed E-state index contributed by atoms with van der Waals surface area (Å²) in [6.07, 6.45) is 19.6. The van der Waals surface area contributed by atoms with E-state index in [1.54, 1.807) is 91.0 Å². The normalized spacial score (nSPS) is 10.3. The molecule has 0 aliphatic heterocycles. The van der Waals surface area contributed by atoms with Crippen molar-refractivity contribution in [2.24, 2.45) is 0 Å². The molecular weight excluding hydrogens is 1700 g/mol. The Balaban J connectivity index is 0.000000158. The number of nitrogens with one attached hydrogen (secondary N) is 5. The monoisotopic (exact) mass is 1770 g/mol. The Morgan fingerprint density at radius 1 is 0.336 bits per heavy atom. The van der Waals surface area contributed by atoms with E-state index < -0.39 is 47.2 Å². The minimum absolute atomic E-state index is 0.0387. The number of terminal acetylenes is 1. The number of hydrogen-bond acceptors (Lipinski definition) is 25. The summed E-state index contributed by atoms with van der Waals surface area (Å²) in [5, 5.41) is 40.6. The molecule has 131 heavy (non-hydrogen) atoms. The molecule has 0 atom stereocenters. The fraction of sp³-hybridized carbons (Fsp3) is 0.0532. The largest absolute Gasteiger partial charge is 0.454 e. The zero-order valence-electron chi connectivity index (χ0n) is 68.3. The smallest absolute Gasteiger partial charge is 0.416 e. The number of hydrogen-bond donors (Lipinski definition) is 5. The third-order valence-electron chi connectivity index (χ3n) is 16.6. The lowest BCUT2D eigenvalue weighted by Crippen LogP contribution is -2.19.